The zero-order chi connectivity index (χ0) is 10.5. The zero-order valence-electron chi connectivity index (χ0n) is 9.69. The Balaban J connectivity index is 0.00000128. The van der Waals surface area contributed by atoms with Crippen LogP contribution >= 0.6 is 36.4 Å². The fraction of sp³-hybridized carbons (Fsp3) is 0.500. The molecule has 2 nitrogen and oxygen atoms in total. The molecule has 0 aromatic heterocycles. The Labute approximate surface area is 121 Å². The fourth-order valence-corrected chi connectivity index (χ4v) is 2.00. The summed E-state index contributed by atoms with van der Waals surface area (Å²) in [4.78, 5) is 2.51. The summed E-state index contributed by atoms with van der Waals surface area (Å²) >= 11 is 5.84. The van der Waals surface area contributed by atoms with E-state index in [1.54, 1.807) is 0 Å². The van der Waals surface area contributed by atoms with Gasteiger partial charge in [0.2, 0.25) is 0 Å². The van der Waals surface area contributed by atoms with Crippen LogP contribution in [0.5, 0.6) is 0 Å². The molecule has 1 N–H and O–H groups in total. The lowest BCUT2D eigenvalue weighted by Gasteiger charge is -2.27. The quantitative estimate of drug-likeness (QED) is 0.923. The molecule has 2 rings (SSSR count). The maximum atomic E-state index is 5.84. The minimum atomic E-state index is 0. The topological polar surface area (TPSA) is 15.3 Å². The number of hydrogen-bond acceptors (Lipinski definition) is 2. The van der Waals surface area contributed by atoms with Gasteiger partial charge in [-0.05, 0) is 24.1 Å². The van der Waals surface area contributed by atoms with Gasteiger partial charge in [-0.3, -0.25) is 0 Å². The van der Waals surface area contributed by atoms with Crippen LogP contribution < -0.4 is 5.32 Å². The van der Waals surface area contributed by atoms with Gasteiger partial charge in [0.1, 0.15) is 0 Å². The molecule has 0 aliphatic carbocycles. The van der Waals surface area contributed by atoms with Gasteiger partial charge < -0.3 is 10.2 Å². The Kier molecular flexibility index (Phi) is 9.01. The van der Waals surface area contributed by atoms with Crippen molar-refractivity contribution in [2.75, 3.05) is 32.7 Å². The molecule has 1 aromatic rings. The highest BCUT2D eigenvalue weighted by Crippen LogP contribution is 2.10. The standard InChI is InChI=1S/C12H17ClN2.2ClH/c13-12-3-1-11(2-4-12)5-8-15-9-6-14-7-10-15;;/h1-4,14H,5-10H2;2*1H. The van der Waals surface area contributed by atoms with E-state index in [-0.39, 0.29) is 24.8 Å². The maximum absolute atomic E-state index is 5.84. The van der Waals surface area contributed by atoms with Gasteiger partial charge >= 0.3 is 0 Å². The van der Waals surface area contributed by atoms with Crippen molar-refractivity contribution < 1.29 is 0 Å². The van der Waals surface area contributed by atoms with Crippen molar-refractivity contribution in [2.45, 2.75) is 6.42 Å². The predicted octanol–water partition coefficient (Wildman–Crippen LogP) is 2.63. The molecule has 0 bridgehead atoms. The monoisotopic (exact) mass is 296 g/mol. The van der Waals surface area contributed by atoms with Crippen molar-refractivity contribution in [3.63, 3.8) is 0 Å². The average molecular weight is 298 g/mol. The van der Waals surface area contributed by atoms with Gasteiger partial charge in [0.05, 0.1) is 0 Å². The SMILES string of the molecule is Cl.Cl.Clc1ccc(CCN2CCNCC2)cc1. The molecule has 98 valence electrons. The number of nitrogens with one attached hydrogen (secondary N) is 1. The van der Waals surface area contributed by atoms with Crippen molar-refractivity contribution in [3.8, 4) is 0 Å². The van der Waals surface area contributed by atoms with Crippen molar-refractivity contribution in [1.82, 2.24) is 10.2 Å². The Morgan fingerprint density at radius 3 is 2.24 bits per heavy atom. The normalized spacial score (nSPS) is 15.8. The molecule has 1 saturated heterocycles. The third-order valence-electron chi connectivity index (χ3n) is 2.84. The first kappa shape index (κ1) is 17.0. The average Bonchev–Trinajstić information content (AvgIpc) is 2.30. The minimum Gasteiger partial charge on any atom is -0.314 e. The van der Waals surface area contributed by atoms with E-state index in [1.807, 2.05) is 12.1 Å². The van der Waals surface area contributed by atoms with Crippen molar-refractivity contribution in [1.29, 1.82) is 0 Å². The molecule has 0 saturated carbocycles. The summed E-state index contributed by atoms with van der Waals surface area (Å²) in [7, 11) is 0. The Morgan fingerprint density at radius 1 is 1.06 bits per heavy atom. The van der Waals surface area contributed by atoms with E-state index in [0.29, 0.717) is 0 Å². The molecule has 0 spiro atoms. The van der Waals surface area contributed by atoms with E-state index in [0.717, 1.165) is 31.1 Å². The van der Waals surface area contributed by atoms with Crippen LogP contribution in [0.3, 0.4) is 0 Å². The van der Waals surface area contributed by atoms with Crippen molar-refractivity contribution in [3.05, 3.63) is 34.9 Å². The Morgan fingerprint density at radius 2 is 1.65 bits per heavy atom. The third-order valence-corrected chi connectivity index (χ3v) is 3.09. The van der Waals surface area contributed by atoms with E-state index in [1.165, 1.54) is 18.7 Å². The highest BCUT2D eigenvalue weighted by molar-refractivity contribution is 6.30. The van der Waals surface area contributed by atoms with E-state index in [9.17, 15) is 0 Å². The van der Waals surface area contributed by atoms with Gasteiger partial charge in [-0.1, -0.05) is 23.7 Å². The van der Waals surface area contributed by atoms with Crippen molar-refractivity contribution in [2.24, 2.45) is 0 Å². The van der Waals surface area contributed by atoms with Crippen LogP contribution in [0.4, 0.5) is 0 Å². The Hall–Kier alpha value is 0.01000. The van der Waals surface area contributed by atoms with Gasteiger partial charge in [0.15, 0.2) is 0 Å². The van der Waals surface area contributed by atoms with Gasteiger partial charge in [0.25, 0.3) is 0 Å². The molecule has 0 unspecified atom stereocenters. The lowest BCUT2D eigenvalue weighted by Crippen LogP contribution is -2.44. The number of halogens is 3. The highest BCUT2D eigenvalue weighted by atomic mass is 35.5. The van der Waals surface area contributed by atoms with Gasteiger partial charge in [0, 0.05) is 37.7 Å². The molecule has 1 aliphatic rings. The second-order valence-corrected chi connectivity index (χ2v) is 4.40. The zero-order valence-corrected chi connectivity index (χ0v) is 12.1. The van der Waals surface area contributed by atoms with Crippen LogP contribution in [-0.2, 0) is 6.42 Å². The lowest BCUT2D eigenvalue weighted by molar-refractivity contribution is 0.244. The number of benzene rings is 1. The van der Waals surface area contributed by atoms with E-state index in [2.05, 4.69) is 22.3 Å². The van der Waals surface area contributed by atoms with Crippen LogP contribution in [0.1, 0.15) is 5.56 Å². The summed E-state index contributed by atoms with van der Waals surface area (Å²) in [5.74, 6) is 0. The minimum absolute atomic E-state index is 0. The van der Waals surface area contributed by atoms with Gasteiger partial charge in [-0.25, -0.2) is 0 Å². The second kappa shape index (κ2) is 9.01. The molecule has 0 atom stereocenters. The second-order valence-electron chi connectivity index (χ2n) is 3.97. The summed E-state index contributed by atoms with van der Waals surface area (Å²) in [6, 6.07) is 8.17. The number of rotatable bonds is 3. The summed E-state index contributed by atoms with van der Waals surface area (Å²) in [6.07, 6.45) is 1.12. The van der Waals surface area contributed by atoms with Crippen LogP contribution in [0.25, 0.3) is 0 Å². The van der Waals surface area contributed by atoms with E-state index >= 15 is 0 Å². The number of nitrogens with zero attached hydrogens (tertiary/aromatic N) is 1. The highest BCUT2D eigenvalue weighted by Gasteiger charge is 2.08. The molecular weight excluding hydrogens is 279 g/mol. The summed E-state index contributed by atoms with van der Waals surface area (Å²) in [5.41, 5.74) is 1.37. The van der Waals surface area contributed by atoms with Crippen LogP contribution in [0.15, 0.2) is 24.3 Å². The molecule has 1 heterocycles. The molecule has 17 heavy (non-hydrogen) atoms. The maximum Gasteiger partial charge on any atom is 0.0406 e. The lowest BCUT2D eigenvalue weighted by atomic mass is 10.1. The first-order chi connectivity index (χ1) is 7.34. The number of piperazine rings is 1. The Bertz CT molecular complexity index is 297. The number of hydrogen-bond donors (Lipinski definition) is 1. The molecule has 5 heteroatoms. The summed E-state index contributed by atoms with van der Waals surface area (Å²) < 4.78 is 0. The molecular formula is C12H19Cl3N2. The molecule has 0 amide bonds. The molecule has 1 aliphatic heterocycles. The molecule has 1 aromatic carbocycles. The van der Waals surface area contributed by atoms with E-state index < -0.39 is 0 Å². The predicted molar refractivity (Wildman–Crippen MR) is 79.0 cm³/mol. The molecule has 0 radical (unpaired) electrons. The van der Waals surface area contributed by atoms with Crippen LogP contribution in [-0.4, -0.2) is 37.6 Å². The van der Waals surface area contributed by atoms with Crippen LogP contribution in [0.2, 0.25) is 5.02 Å². The van der Waals surface area contributed by atoms with Gasteiger partial charge in [-0.15, -0.1) is 24.8 Å². The van der Waals surface area contributed by atoms with E-state index in [4.69, 9.17) is 11.6 Å². The van der Waals surface area contributed by atoms with Crippen molar-refractivity contribution >= 4 is 36.4 Å². The third kappa shape index (κ3) is 5.94. The summed E-state index contributed by atoms with van der Waals surface area (Å²) in [6.45, 7) is 5.76. The smallest absolute Gasteiger partial charge is 0.0406 e. The molecule has 1 fully saturated rings. The fourth-order valence-electron chi connectivity index (χ4n) is 1.87. The first-order valence-electron chi connectivity index (χ1n) is 5.52. The summed E-state index contributed by atoms with van der Waals surface area (Å²) in [5, 5.41) is 4.18. The van der Waals surface area contributed by atoms with Gasteiger partial charge in [-0.2, -0.15) is 0 Å². The first-order valence-corrected chi connectivity index (χ1v) is 5.90. The largest absolute Gasteiger partial charge is 0.314 e. The van der Waals surface area contributed by atoms with Crippen LogP contribution in [0, 0.1) is 0 Å².